The molecule has 2 aromatic carbocycles. The standard InChI is InChI=1S/C21H18N2O6/c1-3-28-21(25)18-19(24)17(29-20(18)22-15-7-5-4-6-8-15)12-14-10-9-13(2)16(11-14)23(26)27/h4-12,22H,3H2,1-2H3/b17-12-. The summed E-state index contributed by atoms with van der Waals surface area (Å²) in [5, 5.41) is 14.1. The molecule has 1 aliphatic heterocycles. The summed E-state index contributed by atoms with van der Waals surface area (Å²) in [6.07, 6.45) is 1.35. The molecule has 1 N–H and O–H groups in total. The summed E-state index contributed by atoms with van der Waals surface area (Å²) in [6.45, 7) is 3.34. The van der Waals surface area contributed by atoms with Crippen LogP contribution < -0.4 is 5.32 Å². The smallest absolute Gasteiger partial charge is 0.347 e. The predicted octanol–water partition coefficient (Wildman–Crippen LogP) is 3.73. The molecule has 0 aliphatic carbocycles. The molecule has 0 amide bonds. The second-order valence-corrected chi connectivity index (χ2v) is 6.16. The van der Waals surface area contributed by atoms with Gasteiger partial charge in [0.25, 0.3) is 5.69 Å². The van der Waals surface area contributed by atoms with E-state index in [1.807, 2.05) is 6.07 Å². The number of rotatable bonds is 6. The van der Waals surface area contributed by atoms with Crippen LogP contribution >= 0.6 is 0 Å². The van der Waals surface area contributed by atoms with Crippen molar-refractivity contribution in [2.45, 2.75) is 13.8 Å². The molecule has 29 heavy (non-hydrogen) atoms. The number of esters is 1. The highest BCUT2D eigenvalue weighted by atomic mass is 16.6. The Morgan fingerprint density at radius 1 is 1.24 bits per heavy atom. The summed E-state index contributed by atoms with van der Waals surface area (Å²) >= 11 is 0. The zero-order chi connectivity index (χ0) is 21.0. The summed E-state index contributed by atoms with van der Waals surface area (Å²) in [4.78, 5) is 35.7. The van der Waals surface area contributed by atoms with Crippen LogP contribution in [0.3, 0.4) is 0 Å². The number of nitro benzene ring substituents is 1. The largest absolute Gasteiger partial charge is 0.462 e. The quantitative estimate of drug-likeness (QED) is 0.261. The maximum absolute atomic E-state index is 12.8. The molecule has 0 saturated heterocycles. The number of hydrogen-bond acceptors (Lipinski definition) is 7. The number of hydrogen-bond donors (Lipinski definition) is 1. The van der Waals surface area contributed by atoms with Crippen molar-refractivity contribution < 1.29 is 24.0 Å². The molecule has 0 spiro atoms. The van der Waals surface area contributed by atoms with Crippen molar-refractivity contribution in [1.29, 1.82) is 0 Å². The van der Waals surface area contributed by atoms with E-state index in [4.69, 9.17) is 9.47 Å². The van der Waals surface area contributed by atoms with Gasteiger partial charge in [0.1, 0.15) is 0 Å². The van der Waals surface area contributed by atoms with Gasteiger partial charge in [-0.15, -0.1) is 0 Å². The predicted molar refractivity (Wildman–Crippen MR) is 106 cm³/mol. The van der Waals surface area contributed by atoms with Gasteiger partial charge in [0.2, 0.25) is 11.7 Å². The second-order valence-electron chi connectivity index (χ2n) is 6.16. The van der Waals surface area contributed by atoms with Crippen LogP contribution in [0.15, 0.2) is 65.7 Å². The molecule has 0 unspecified atom stereocenters. The number of allylic oxidation sites excluding steroid dienone is 1. The minimum absolute atomic E-state index is 0.0486. The van der Waals surface area contributed by atoms with Gasteiger partial charge in [-0.2, -0.15) is 0 Å². The van der Waals surface area contributed by atoms with E-state index >= 15 is 0 Å². The molecule has 3 rings (SSSR count). The van der Waals surface area contributed by atoms with E-state index in [1.54, 1.807) is 50.2 Å². The average molecular weight is 394 g/mol. The number of benzene rings is 2. The SMILES string of the molecule is CCOC(=O)C1=C(Nc2ccccc2)O/C(=C\c2ccc(C)c([N+](=O)[O-])c2)C1=O. The van der Waals surface area contributed by atoms with Crippen LogP contribution in [-0.4, -0.2) is 23.3 Å². The highest BCUT2D eigenvalue weighted by Gasteiger charge is 2.37. The number of anilines is 1. The highest BCUT2D eigenvalue weighted by molar-refractivity contribution is 6.26. The van der Waals surface area contributed by atoms with Crippen molar-refractivity contribution in [1.82, 2.24) is 0 Å². The molecule has 0 radical (unpaired) electrons. The number of nitrogens with one attached hydrogen (secondary N) is 1. The van der Waals surface area contributed by atoms with Crippen molar-refractivity contribution >= 4 is 29.2 Å². The minimum Gasteiger partial charge on any atom is -0.462 e. The molecule has 8 nitrogen and oxygen atoms in total. The first-order chi connectivity index (χ1) is 13.9. The van der Waals surface area contributed by atoms with Crippen LogP contribution in [0.5, 0.6) is 0 Å². The zero-order valence-electron chi connectivity index (χ0n) is 15.8. The van der Waals surface area contributed by atoms with Crippen LogP contribution in [-0.2, 0) is 19.1 Å². The summed E-state index contributed by atoms with van der Waals surface area (Å²) in [6, 6.07) is 13.4. The third kappa shape index (κ3) is 4.32. The third-order valence-corrected chi connectivity index (χ3v) is 4.13. The lowest BCUT2D eigenvalue weighted by Gasteiger charge is -2.08. The Morgan fingerprint density at radius 3 is 2.62 bits per heavy atom. The highest BCUT2D eigenvalue weighted by Crippen LogP contribution is 2.30. The fourth-order valence-electron chi connectivity index (χ4n) is 2.72. The lowest BCUT2D eigenvalue weighted by atomic mass is 10.1. The normalized spacial score (nSPS) is 14.7. The Kier molecular flexibility index (Phi) is 5.73. The molecule has 0 aromatic heterocycles. The van der Waals surface area contributed by atoms with Gasteiger partial charge in [-0.05, 0) is 37.6 Å². The van der Waals surface area contributed by atoms with Crippen molar-refractivity contribution in [2.24, 2.45) is 0 Å². The van der Waals surface area contributed by atoms with Crippen molar-refractivity contribution in [2.75, 3.05) is 11.9 Å². The molecular weight excluding hydrogens is 376 g/mol. The Morgan fingerprint density at radius 2 is 1.97 bits per heavy atom. The molecule has 0 bridgehead atoms. The molecule has 0 saturated carbocycles. The van der Waals surface area contributed by atoms with Crippen LogP contribution in [0, 0.1) is 17.0 Å². The van der Waals surface area contributed by atoms with E-state index < -0.39 is 16.7 Å². The lowest BCUT2D eigenvalue weighted by Crippen LogP contribution is -2.16. The van der Waals surface area contributed by atoms with Crippen LogP contribution in [0.2, 0.25) is 0 Å². The fraction of sp³-hybridized carbons (Fsp3) is 0.143. The summed E-state index contributed by atoms with van der Waals surface area (Å²) in [5.41, 5.74) is 1.17. The van der Waals surface area contributed by atoms with Crippen molar-refractivity contribution in [3.05, 3.63) is 87.0 Å². The molecule has 8 heteroatoms. The monoisotopic (exact) mass is 394 g/mol. The number of Topliss-reactive ketones (excluding diaryl/α,β-unsaturated/α-hetero) is 1. The number of aryl methyl sites for hydroxylation is 1. The Bertz CT molecular complexity index is 1040. The first kappa shape index (κ1) is 19.8. The molecule has 148 valence electrons. The second kappa shape index (κ2) is 8.39. The average Bonchev–Trinajstić information content (AvgIpc) is 2.99. The van der Waals surface area contributed by atoms with Crippen LogP contribution in [0.25, 0.3) is 6.08 Å². The third-order valence-electron chi connectivity index (χ3n) is 4.13. The van der Waals surface area contributed by atoms with Gasteiger partial charge in [-0.3, -0.25) is 14.9 Å². The van der Waals surface area contributed by atoms with E-state index in [0.717, 1.165) is 0 Å². The summed E-state index contributed by atoms with van der Waals surface area (Å²) in [5.74, 6) is -1.66. The Balaban J connectivity index is 1.96. The van der Waals surface area contributed by atoms with Gasteiger partial charge in [-0.1, -0.05) is 30.3 Å². The number of nitro groups is 1. The zero-order valence-corrected chi connectivity index (χ0v) is 15.8. The first-order valence-electron chi connectivity index (χ1n) is 8.83. The fourth-order valence-corrected chi connectivity index (χ4v) is 2.72. The maximum atomic E-state index is 12.8. The Labute approximate surface area is 166 Å². The maximum Gasteiger partial charge on any atom is 0.347 e. The van der Waals surface area contributed by atoms with Crippen molar-refractivity contribution in [3.8, 4) is 0 Å². The number of carbonyl (C=O) groups is 2. The molecule has 0 fully saturated rings. The van der Waals surface area contributed by atoms with E-state index in [-0.39, 0.29) is 29.5 Å². The van der Waals surface area contributed by atoms with Gasteiger partial charge in [0, 0.05) is 17.3 Å². The summed E-state index contributed by atoms with van der Waals surface area (Å²) in [7, 11) is 0. The Hall–Kier alpha value is -3.94. The number of ether oxygens (including phenoxy) is 2. The van der Waals surface area contributed by atoms with E-state index in [0.29, 0.717) is 16.8 Å². The van der Waals surface area contributed by atoms with Gasteiger partial charge in [0.05, 0.1) is 11.5 Å². The molecular formula is C21H18N2O6. The van der Waals surface area contributed by atoms with Gasteiger partial charge in [-0.25, -0.2) is 4.79 Å². The number of carbonyl (C=O) groups excluding carboxylic acids is 2. The molecule has 1 aliphatic rings. The molecule has 0 atom stereocenters. The van der Waals surface area contributed by atoms with Crippen molar-refractivity contribution in [3.63, 3.8) is 0 Å². The topological polar surface area (TPSA) is 108 Å². The number of ketones is 1. The molecule has 1 heterocycles. The first-order valence-corrected chi connectivity index (χ1v) is 8.83. The summed E-state index contributed by atoms with van der Waals surface area (Å²) < 4.78 is 10.6. The van der Waals surface area contributed by atoms with Gasteiger partial charge in [0.15, 0.2) is 11.3 Å². The van der Waals surface area contributed by atoms with Crippen LogP contribution in [0.1, 0.15) is 18.1 Å². The number of nitrogens with zero attached hydrogens (tertiary/aromatic N) is 1. The minimum atomic E-state index is -0.811. The number of para-hydroxylation sites is 1. The van der Waals surface area contributed by atoms with E-state index in [9.17, 15) is 19.7 Å². The molecule has 2 aromatic rings. The van der Waals surface area contributed by atoms with E-state index in [2.05, 4.69) is 5.32 Å². The lowest BCUT2D eigenvalue weighted by molar-refractivity contribution is -0.385. The van der Waals surface area contributed by atoms with Gasteiger partial charge < -0.3 is 14.8 Å². The van der Waals surface area contributed by atoms with Gasteiger partial charge >= 0.3 is 5.97 Å². The van der Waals surface area contributed by atoms with E-state index in [1.165, 1.54) is 12.1 Å². The van der Waals surface area contributed by atoms with Crippen LogP contribution in [0.4, 0.5) is 11.4 Å².